The number of hydrogen-bond acceptors (Lipinski definition) is 5. The molecule has 0 spiro atoms. The highest BCUT2D eigenvalue weighted by Gasteiger charge is 2.12. The Morgan fingerprint density at radius 2 is 2.09 bits per heavy atom. The summed E-state index contributed by atoms with van der Waals surface area (Å²) in [5.41, 5.74) is 2.55. The molecule has 0 saturated carbocycles. The molecule has 2 rings (SSSR count). The van der Waals surface area contributed by atoms with Crippen molar-refractivity contribution in [2.75, 3.05) is 11.9 Å². The normalized spacial score (nSPS) is 10.3. The Bertz CT molecular complexity index is 694. The van der Waals surface area contributed by atoms with E-state index in [-0.39, 0.29) is 18.3 Å². The molecule has 0 bridgehead atoms. The minimum absolute atomic E-state index is 0.0414. The number of aromatic nitrogens is 3. The van der Waals surface area contributed by atoms with Gasteiger partial charge in [-0.3, -0.25) is 9.59 Å². The molecule has 0 saturated heterocycles. The average Bonchev–Trinajstić information content (AvgIpc) is 2.85. The molecule has 0 aliphatic rings. The van der Waals surface area contributed by atoms with Gasteiger partial charge in [-0.1, -0.05) is 22.9 Å². The molecule has 0 aliphatic carbocycles. The Balaban J connectivity index is 2.03. The first-order chi connectivity index (χ1) is 10.5. The van der Waals surface area contributed by atoms with Crippen LogP contribution >= 0.6 is 0 Å². The summed E-state index contributed by atoms with van der Waals surface area (Å²) >= 11 is 0. The SMILES string of the molecule is CCOC(=O)Cn1cc(NC(=O)c2ccc(C)cc2C)nn1. The van der Waals surface area contributed by atoms with E-state index in [0.717, 1.165) is 11.1 Å². The lowest BCUT2D eigenvalue weighted by molar-refractivity contribution is -0.144. The third-order valence-electron chi connectivity index (χ3n) is 3.00. The van der Waals surface area contributed by atoms with Crippen LogP contribution in [0, 0.1) is 13.8 Å². The van der Waals surface area contributed by atoms with Gasteiger partial charge in [0, 0.05) is 5.56 Å². The van der Waals surface area contributed by atoms with Crippen molar-refractivity contribution in [2.24, 2.45) is 0 Å². The van der Waals surface area contributed by atoms with Gasteiger partial charge in [0.15, 0.2) is 5.82 Å². The van der Waals surface area contributed by atoms with Crippen LogP contribution in [0.25, 0.3) is 0 Å². The van der Waals surface area contributed by atoms with Gasteiger partial charge in [0.1, 0.15) is 6.54 Å². The zero-order chi connectivity index (χ0) is 16.1. The van der Waals surface area contributed by atoms with Crippen LogP contribution in [-0.4, -0.2) is 33.5 Å². The largest absolute Gasteiger partial charge is 0.465 e. The predicted octanol–water partition coefficient (Wildman–Crippen LogP) is 1.71. The quantitative estimate of drug-likeness (QED) is 0.850. The second-order valence-electron chi connectivity index (χ2n) is 4.88. The molecule has 1 amide bonds. The van der Waals surface area contributed by atoms with Gasteiger partial charge in [0.2, 0.25) is 0 Å². The number of esters is 1. The number of rotatable bonds is 5. The van der Waals surface area contributed by atoms with E-state index in [9.17, 15) is 9.59 Å². The Kier molecular flexibility index (Phi) is 4.88. The molecule has 0 fully saturated rings. The van der Waals surface area contributed by atoms with Crippen molar-refractivity contribution in [1.82, 2.24) is 15.0 Å². The van der Waals surface area contributed by atoms with Crippen LogP contribution in [0.5, 0.6) is 0 Å². The van der Waals surface area contributed by atoms with Gasteiger partial charge in [-0.25, -0.2) is 4.68 Å². The van der Waals surface area contributed by atoms with Gasteiger partial charge < -0.3 is 10.1 Å². The van der Waals surface area contributed by atoms with Crippen molar-refractivity contribution in [2.45, 2.75) is 27.3 Å². The topological polar surface area (TPSA) is 86.1 Å². The summed E-state index contributed by atoms with van der Waals surface area (Å²) < 4.78 is 6.13. The smallest absolute Gasteiger partial charge is 0.327 e. The molecular weight excluding hydrogens is 284 g/mol. The van der Waals surface area contributed by atoms with Crippen LogP contribution in [-0.2, 0) is 16.1 Å². The molecule has 1 aromatic heterocycles. The first-order valence-electron chi connectivity index (χ1n) is 6.94. The lowest BCUT2D eigenvalue weighted by Gasteiger charge is -2.06. The summed E-state index contributed by atoms with van der Waals surface area (Å²) in [7, 11) is 0. The molecule has 0 atom stereocenters. The van der Waals surface area contributed by atoms with Crippen molar-refractivity contribution in [1.29, 1.82) is 0 Å². The number of anilines is 1. The molecule has 7 heteroatoms. The monoisotopic (exact) mass is 302 g/mol. The van der Waals surface area contributed by atoms with Crippen molar-refractivity contribution in [3.8, 4) is 0 Å². The minimum atomic E-state index is -0.403. The van der Waals surface area contributed by atoms with Gasteiger partial charge in [-0.2, -0.15) is 0 Å². The maximum absolute atomic E-state index is 12.2. The lowest BCUT2D eigenvalue weighted by atomic mass is 10.1. The highest BCUT2D eigenvalue weighted by molar-refractivity contribution is 6.04. The van der Waals surface area contributed by atoms with Crippen LogP contribution < -0.4 is 5.32 Å². The highest BCUT2D eigenvalue weighted by atomic mass is 16.5. The number of amides is 1. The standard InChI is InChI=1S/C15H18N4O3/c1-4-22-14(20)9-19-8-13(17-18-19)16-15(21)12-6-5-10(2)7-11(12)3/h5-8H,4,9H2,1-3H3,(H,16,21). The number of carbonyl (C=O) groups excluding carboxylic acids is 2. The Labute approximate surface area is 128 Å². The van der Waals surface area contributed by atoms with Gasteiger partial charge >= 0.3 is 5.97 Å². The molecule has 7 nitrogen and oxygen atoms in total. The molecule has 22 heavy (non-hydrogen) atoms. The first-order valence-corrected chi connectivity index (χ1v) is 6.94. The van der Waals surface area contributed by atoms with E-state index in [1.807, 2.05) is 26.0 Å². The molecule has 116 valence electrons. The zero-order valence-electron chi connectivity index (χ0n) is 12.8. The summed E-state index contributed by atoms with van der Waals surface area (Å²) in [6, 6.07) is 5.58. The van der Waals surface area contributed by atoms with Crippen molar-refractivity contribution >= 4 is 17.7 Å². The third-order valence-corrected chi connectivity index (χ3v) is 3.00. The number of nitrogens with one attached hydrogen (secondary N) is 1. The van der Waals surface area contributed by atoms with Gasteiger partial charge in [0.25, 0.3) is 5.91 Å². The first kappa shape index (κ1) is 15.7. The second kappa shape index (κ2) is 6.84. The predicted molar refractivity (Wildman–Crippen MR) is 80.5 cm³/mol. The molecular formula is C15H18N4O3. The van der Waals surface area contributed by atoms with Gasteiger partial charge in [-0.05, 0) is 32.4 Å². The second-order valence-corrected chi connectivity index (χ2v) is 4.88. The van der Waals surface area contributed by atoms with E-state index in [2.05, 4.69) is 15.6 Å². The van der Waals surface area contributed by atoms with Crippen LogP contribution in [0.3, 0.4) is 0 Å². The molecule has 0 aliphatic heterocycles. The highest BCUT2D eigenvalue weighted by Crippen LogP contribution is 2.12. The molecule has 0 radical (unpaired) electrons. The maximum atomic E-state index is 12.2. The average molecular weight is 302 g/mol. The van der Waals surface area contributed by atoms with E-state index in [4.69, 9.17) is 4.74 Å². The van der Waals surface area contributed by atoms with Crippen LogP contribution in [0.2, 0.25) is 0 Å². The summed E-state index contributed by atoms with van der Waals surface area (Å²) in [5, 5.41) is 10.2. The number of benzene rings is 1. The summed E-state index contributed by atoms with van der Waals surface area (Å²) in [6.07, 6.45) is 1.48. The fourth-order valence-electron chi connectivity index (χ4n) is 2.02. The number of ether oxygens (including phenoxy) is 1. The summed E-state index contributed by atoms with van der Waals surface area (Å²) in [4.78, 5) is 23.5. The maximum Gasteiger partial charge on any atom is 0.327 e. The van der Waals surface area contributed by atoms with Gasteiger partial charge in [-0.15, -0.1) is 5.10 Å². The molecule has 1 heterocycles. The minimum Gasteiger partial charge on any atom is -0.465 e. The fourth-order valence-corrected chi connectivity index (χ4v) is 2.02. The number of carbonyl (C=O) groups is 2. The molecule has 2 aromatic rings. The number of hydrogen-bond donors (Lipinski definition) is 1. The molecule has 0 unspecified atom stereocenters. The Morgan fingerprint density at radius 1 is 1.32 bits per heavy atom. The Hall–Kier alpha value is -2.70. The van der Waals surface area contributed by atoms with E-state index in [1.165, 1.54) is 10.9 Å². The summed E-state index contributed by atoms with van der Waals surface area (Å²) in [5.74, 6) is -0.380. The van der Waals surface area contributed by atoms with Crippen molar-refractivity contribution in [3.05, 3.63) is 41.1 Å². The van der Waals surface area contributed by atoms with Crippen molar-refractivity contribution in [3.63, 3.8) is 0 Å². The molecule has 1 N–H and O–H groups in total. The lowest BCUT2D eigenvalue weighted by Crippen LogP contribution is -2.14. The number of nitrogens with zero attached hydrogens (tertiary/aromatic N) is 3. The fraction of sp³-hybridized carbons (Fsp3) is 0.333. The Morgan fingerprint density at radius 3 is 2.77 bits per heavy atom. The molecule has 1 aromatic carbocycles. The summed E-state index contributed by atoms with van der Waals surface area (Å²) in [6.45, 7) is 5.84. The van der Waals surface area contributed by atoms with Gasteiger partial charge in [0.05, 0.1) is 12.8 Å². The number of aryl methyl sites for hydroxylation is 2. The van der Waals surface area contributed by atoms with Crippen molar-refractivity contribution < 1.29 is 14.3 Å². The van der Waals surface area contributed by atoms with E-state index in [1.54, 1.807) is 13.0 Å². The zero-order valence-corrected chi connectivity index (χ0v) is 12.8. The van der Waals surface area contributed by atoms with E-state index in [0.29, 0.717) is 12.2 Å². The van der Waals surface area contributed by atoms with Crippen LogP contribution in [0.15, 0.2) is 24.4 Å². The van der Waals surface area contributed by atoms with E-state index >= 15 is 0 Å². The van der Waals surface area contributed by atoms with Crippen LogP contribution in [0.1, 0.15) is 28.4 Å². The van der Waals surface area contributed by atoms with Crippen LogP contribution in [0.4, 0.5) is 5.82 Å². The third kappa shape index (κ3) is 3.91. The van der Waals surface area contributed by atoms with E-state index < -0.39 is 5.97 Å².